The predicted molar refractivity (Wildman–Crippen MR) is 67.5 cm³/mol. The van der Waals surface area contributed by atoms with Crippen LogP contribution in [0.2, 0.25) is 0 Å². The zero-order chi connectivity index (χ0) is 12.8. The van der Waals surface area contributed by atoms with E-state index in [4.69, 9.17) is 11.1 Å². The Labute approximate surface area is 98.3 Å². The van der Waals surface area contributed by atoms with E-state index in [1.54, 1.807) is 0 Å². The highest BCUT2D eigenvalue weighted by molar-refractivity contribution is 5.74. The van der Waals surface area contributed by atoms with Gasteiger partial charge in [-0.25, -0.2) is 0 Å². The zero-order valence-electron chi connectivity index (χ0n) is 10.8. The zero-order valence-corrected chi connectivity index (χ0v) is 10.8. The van der Waals surface area contributed by atoms with Crippen LogP contribution in [-0.4, -0.2) is 35.3 Å². The van der Waals surface area contributed by atoms with Crippen LogP contribution in [0.3, 0.4) is 0 Å². The minimum Gasteiger partial charge on any atom is -0.389 e. The Morgan fingerprint density at radius 2 is 2.00 bits per heavy atom. The van der Waals surface area contributed by atoms with E-state index in [2.05, 4.69) is 24.5 Å². The lowest BCUT2D eigenvalue weighted by Crippen LogP contribution is -2.49. The number of hydrogen-bond donors (Lipinski definition) is 5. The minimum atomic E-state index is -0.736. The predicted octanol–water partition coefficient (Wildman–Crippen LogP) is 0.387. The van der Waals surface area contributed by atoms with Crippen molar-refractivity contribution in [2.45, 2.75) is 58.2 Å². The fraction of sp³-hybridized carbons (Fsp3) is 0.909. The molecular weight excluding hydrogens is 204 g/mol. The van der Waals surface area contributed by atoms with Crippen LogP contribution in [0.5, 0.6) is 0 Å². The maximum absolute atomic E-state index is 9.98. The van der Waals surface area contributed by atoms with E-state index < -0.39 is 5.60 Å². The maximum Gasteiger partial charge on any atom is 0.185 e. The van der Waals surface area contributed by atoms with Crippen molar-refractivity contribution in [2.75, 3.05) is 6.54 Å². The number of nitrogens with one attached hydrogen (secondary N) is 3. The molecule has 16 heavy (non-hydrogen) atoms. The molecule has 0 aromatic carbocycles. The van der Waals surface area contributed by atoms with Gasteiger partial charge in [0.1, 0.15) is 0 Å². The third-order valence-electron chi connectivity index (χ3n) is 2.37. The second-order valence-corrected chi connectivity index (χ2v) is 5.01. The molecule has 0 saturated heterocycles. The van der Waals surface area contributed by atoms with Gasteiger partial charge in [0.2, 0.25) is 0 Å². The summed E-state index contributed by atoms with van der Waals surface area (Å²) in [4.78, 5) is 0. The summed E-state index contributed by atoms with van der Waals surface area (Å²) in [6.45, 7) is 8.41. The first kappa shape index (κ1) is 15.2. The normalized spacial score (nSPS) is 13.9. The highest BCUT2D eigenvalue weighted by Crippen LogP contribution is 2.14. The highest BCUT2D eigenvalue weighted by Gasteiger charge is 2.26. The van der Waals surface area contributed by atoms with Crippen LogP contribution in [0.1, 0.15) is 40.5 Å². The van der Waals surface area contributed by atoms with E-state index in [9.17, 15) is 5.11 Å². The molecule has 0 rings (SSSR count). The van der Waals surface area contributed by atoms with E-state index in [0.29, 0.717) is 12.6 Å². The Morgan fingerprint density at radius 3 is 2.38 bits per heavy atom. The van der Waals surface area contributed by atoms with Crippen LogP contribution in [0.4, 0.5) is 0 Å². The summed E-state index contributed by atoms with van der Waals surface area (Å²) in [5.41, 5.74) is 4.45. The van der Waals surface area contributed by atoms with Gasteiger partial charge in [0.05, 0.1) is 5.60 Å². The molecule has 6 N–H and O–H groups in total. The molecule has 5 nitrogen and oxygen atoms in total. The average molecular weight is 230 g/mol. The van der Waals surface area contributed by atoms with Crippen molar-refractivity contribution in [3.05, 3.63) is 0 Å². The maximum atomic E-state index is 9.98. The molecule has 0 radical (unpaired) electrons. The molecule has 5 heteroatoms. The van der Waals surface area contributed by atoms with Crippen molar-refractivity contribution in [3.63, 3.8) is 0 Å². The van der Waals surface area contributed by atoms with Crippen molar-refractivity contribution in [2.24, 2.45) is 5.73 Å². The minimum absolute atomic E-state index is 0.00312. The van der Waals surface area contributed by atoms with Crippen molar-refractivity contribution in [1.82, 2.24) is 10.6 Å². The molecule has 0 fully saturated rings. The SMILES string of the molecule is CC(C)NC(CCCNC(=N)N)C(C)(C)O. The summed E-state index contributed by atoms with van der Waals surface area (Å²) < 4.78 is 0. The Hall–Kier alpha value is -0.810. The van der Waals surface area contributed by atoms with E-state index in [1.165, 1.54) is 0 Å². The number of rotatable bonds is 7. The Bertz CT molecular complexity index is 211. The summed E-state index contributed by atoms with van der Waals surface area (Å²) in [6.07, 6.45) is 1.72. The van der Waals surface area contributed by atoms with E-state index in [0.717, 1.165) is 12.8 Å². The fourth-order valence-electron chi connectivity index (χ4n) is 1.57. The van der Waals surface area contributed by atoms with Gasteiger partial charge in [0.25, 0.3) is 0 Å². The standard InChI is InChI=1S/C11H26N4O/c1-8(2)15-9(11(3,4)16)6-5-7-14-10(12)13/h8-9,15-16H,5-7H2,1-4H3,(H4,12,13,14). The first-order chi connectivity index (χ1) is 7.23. The topological polar surface area (TPSA) is 94.2 Å². The molecule has 1 unspecified atom stereocenters. The number of guanidine groups is 1. The van der Waals surface area contributed by atoms with Crippen LogP contribution in [0.25, 0.3) is 0 Å². The lowest BCUT2D eigenvalue weighted by molar-refractivity contribution is 0.0306. The lowest BCUT2D eigenvalue weighted by Gasteiger charge is -2.32. The van der Waals surface area contributed by atoms with E-state index in [-0.39, 0.29) is 12.0 Å². The van der Waals surface area contributed by atoms with Gasteiger partial charge >= 0.3 is 0 Å². The van der Waals surface area contributed by atoms with Crippen LogP contribution in [0, 0.1) is 5.41 Å². The second kappa shape index (κ2) is 6.70. The molecule has 0 amide bonds. The Kier molecular flexibility index (Phi) is 6.36. The quantitative estimate of drug-likeness (QED) is 0.248. The van der Waals surface area contributed by atoms with Gasteiger partial charge in [-0.15, -0.1) is 0 Å². The van der Waals surface area contributed by atoms with Crippen molar-refractivity contribution in [1.29, 1.82) is 5.41 Å². The molecule has 0 spiro atoms. The van der Waals surface area contributed by atoms with Gasteiger partial charge in [0, 0.05) is 18.6 Å². The fourth-order valence-corrected chi connectivity index (χ4v) is 1.57. The summed E-state index contributed by atoms with van der Waals surface area (Å²) in [5.74, 6) is -0.00312. The highest BCUT2D eigenvalue weighted by atomic mass is 16.3. The van der Waals surface area contributed by atoms with Crippen molar-refractivity contribution in [3.8, 4) is 0 Å². The number of aliphatic hydroxyl groups is 1. The summed E-state index contributed by atoms with van der Waals surface area (Å²) in [6, 6.07) is 0.401. The molecule has 0 aliphatic rings. The van der Waals surface area contributed by atoms with Crippen molar-refractivity contribution < 1.29 is 5.11 Å². The van der Waals surface area contributed by atoms with E-state index >= 15 is 0 Å². The van der Waals surface area contributed by atoms with Crippen LogP contribution >= 0.6 is 0 Å². The third kappa shape index (κ3) is 7.48. The van der Waals surface area contributed by atoms with Crippen LogP contribution in [0.15, 0.2) is 0 Å². The van der Waals surface area contributed by atoms with Gasteiger partial charge in [-0.1, -0.05) is 13.8 Å². The molecule has 0 heterocycles. The first-order valence-electron chi connectivity index (χ1n) is 5.79. The van der Waals surface area contributed by atoms with Gasteiger partial charge in [-0.3, -0.25) is 5.41 Å². The summed E-state index contributed by atoms with van der Waals surface area (Å²) in [5, 5.41) is 23.1. The molecule has 0 bridgehead atoms. The monoisotopic (exact) mass is 230 g/mol. The lowest BCUT2D eigenvalue weighted by atomic mass is 9.94. The number of hydrogen-bond acceptors (Lipinski definition) is 3. The molecule has 0 aromatic heterocycles. The Morgan fingerprint density at radius 1 is 1.44 bits per heavy atom. The number of nitrogens with two attached hydrogens (primary N) is 1. The van der Waals surface area contributed by atoms with Gasteiger partial charge < -0.3 is 21.5 Å². The molecular formula is C11H26N4O. The second-order valence-electron chi connectivity index (χ2n) is 5.01. The van der Waals surface area contributed by atoms with Crippen molar-refractivity contribution >= 4 is 5.96 Å². The molecule has 0 saturated carbocycles. The smallest absolute Gasteiger partial charge is 0.185 e. The molecule has 0 aromatic rings. The van der Waals surface area contributed by atoms with Gasteiger partial charge in [0.15, 0.2) is 5.96 Å². The average Bonchev–Trinajstić information content (AvgIpc) is 2.07. The molecule has 0 aliphatic heterocycles. The van der Waals surface area contributed by atoms with Gasteiger partial charge in [-0.2, -0.15) is 0 Å². The molecule has 0 aliphatic carbocycles. The van der Waals surface area contributed by atoms with Crippen LogP contribution in [-0.2, 0) is 0 Å². The first-order valence-corrected chi connectivity index (χ1v) is 5.79. The summed E-state index contributed by atoms with van der Waals surface area (Å²) in [7, 11) is 0. The largest absolute Gasteiger partial charge is 0.389 e. The van der Waals surface area contributed by atoms with Gasteiger partial charge in [-0.05, 0) is 26.7 Å². The summed E-state index contributed by atoms with van der Waals surface area (Å²) >= 11 is 0. The molecule has 1 atom stereocenters. The van der Waals surface area contributed by atoms with E-state index in [1.807, 2.05) is 13.8 Å². The third-order valence-corrected chi connectivity index (χ3v) is 2.37. The Balaban J connectivity index is 3.98. The van der Waals surface area contributed by atoms with Crippen LogP contribution < -0.4 is 16.4 Å². The molecule has 96 valence electrons.